The third kappa shape index (κ3) is 2.67. The minimum absolute atomic E-state index is 0.0116. The summed E-state index contributed by atoms with van der Waals surface area (Å²) in [6.07, 6.45) is 4.79. The van der Waals surface area contributed by atoms with Crippen LogP contribution in [0.15, 0.2) is 17.1 Å². The van der Waals surface area contributed by atoms with E-state index in [2.05, 4.69) is 4.90 Å². The van der Waals surface area contributed by atoms with Crippen molar-refractivity contribution in [2.24, 2.45) is 0 Å². The van der Waals surface area contributed by atoms with E-state index in [9.17, 15) is 19.1 Å². The Balaban J connectivity index is 1.97. The van der Waals surface area contributed by atoms with E-state index < -0.39 is 17.2 Å². The Morgan fingerprint density at radius 2 is 1.92 bits per heavy atom. The highest BCUT2D eigenvalue weighted by Crippen LogP contribution is 2.42. The zero-order chi connectivity index (χ0) is 18.6. The SMILES string of the molecule is CN1CCC(c2c(F)cc3c(=O)c(C(=O)O)cn(C4CC4)c3c2N)CC1. The molecule has 1 aliphatic carbocycles. The van der Waals surface area contributed by atoms with Gasteiger partial charge in [-0.05, 0) is 57.8 Å². The van der Waals surface area contributed by atoms with Gasteiger partial charge in [0.15, 0.2) is 0 Å². The van der Waals surface area contributed by atoms with E-state index in [1.165, 1.54) is 12.3 Å². The van der Waals surface area contributed by atoms with Crippen molar-refractivity contribution in [2.75, 3.05) is 25.9 Å². The molecule has 138 valence electrons. The lowest BCUT2D eigenvalue weighted by atomic mass is 9.87. The molecule has 2 fully saturated rings. The first kappa shape index (κ1) is 17.0. The van der Waals surface area contributed by atoms with Crippen molar-refractivity contribution >= 4 is 22.6 Å². The molecule has 1 aromatic heterocycles. The number of hydrogen-bond acceptors (Lipinski definition) is 4. The number of piperidine rings is 1. The van der Waals surface area contributed by atoms with Crippen LogP contribution in [0.2, 0.25) is 0 Å². The quantitative estimate of drug-likeness (QED) is 0.822. The number of halogens is 1. The van der Waals surface area contributed by atoms with E-state index in [4.69, 9.17) is 5.73 Å². The zero-order valence-electron chi connectivity index (χ0n) is 14.7. The summed E-state index contributed by atoms with van der Waals surface area (Å²) >= 11 is 0. The molecule has 26 heavy (non-hydrogen) atoms. The van der Waals surface area contributed by atoms with Crippen LogP contribution in [0.5, 0.6) is 0 Å². The number of pyridine rings is 1. The summed E-state index contributed by atoms with van der Waals surface area (Å²) in [5.74, 6) is -1.80. The Morgan fingerprint density at radius 1 is 1.27 bits per heavy atom. The molecule has 0 amide bonds. The predicted octanol–water partition coefficient (Wildman–Crippen LogP) is 2.57. The van der Waals surface area contributed by atoms with Gasteiger partial charge in [-0.15, -0.1) is 0 Å². The zero-order valence-corrected chi connectivity index (χ0v) is 14.7. The molecule has 2 aliphatic rings. The summed E-state index contributed by atoms with van der Waals surface area (Å²) in [7, 11) is 2.04. The fourth-order valence-corrected chi connectivity index (χ4v) is 4.04. The number of carboxylic acid groups (broad SMARTS) is 1. The van der Waals surface area contributed by atoms with E-state index in [1.807, 2.05) is 7.05 Å². The molecule has 1 aliphatic heterocycles. The average molecular weight is 359 g/mol. The van der Waals surface area contributed by atoms with Gasteiger partial charge in [0.25, 0.3) is 0 Å². The van der Waals surface area contributed by atoms with Gasteiger partial charge in [-0.25, -0.2) is 9.18 Å². The lowest BCUT2D eigenvalue weighted by Gasteiger charge is -2.30. The summed E-state index contributed by atoms with van der Waals surface area (Å²) in [4.78, 5) is 26.2. The standard InChI is InChI=1S/C19H22FN3O3/c1-22-6-4-10(5-7-22)15-14(20)8-12-17(16(15)21)23(11-2-3-11)9-13(18(12)24)19(25)26/h8-11H,2-7,21H2,1H3,(H,25,26). The molecule has 4 rings (SSSR count). The summed E-state index contributed by atoms with van der Waals surface area (Å²) in [6, 6.07) is 1.31. The van der Waals surface area contributed by atoms with E-state index in [0.717, 1.165) is 38.8 Å². The summed E-state index contributed by atoms with van der Waals surface area (Å²) in [5.41, 5.74) is 6.62. The van der Waals surface area contributed by atoms with Crippen molar-refractivity contribution in [3.05, 3.63) is 39.4 Å². The number of likely N-dealkylation sites (tertiary alicyclic amines) is 1. The van der Waals surface area contributed by atoms with Crippen LogP contribution in [0.3, 0.4) is 0 Å². The molecular weight excluding hydrogens is 337 g/mol. The van der Waals surface area contributed by atoms with Gasteiger partial charge >= 0.3 is 5.97 Å². The Bertz CT molecular complexity index is 957. The highest BCUT2D eigenvalue weighted by molar-refractivity contribution is 5.97. The van der Waals surface area contributed by atoms with Crippen LogP contribution in [-0.2, 0) is 0 Å². The van der Waals surface area contributed by atoms with E-state index in [1.54, 1.807) is 4.57 Å². The second kappa shape index (κ2) is 6.09. The number of anilines is 1. The molecule has 1 aromatic carbocycles. The molecule has 0 unspecified atom stereocenters. The van der Waals surface area contributed by atoms with Gasteiger partial charge in [-0.3, -0.25) is 4.79 Å². The normalized spacial score (nSPS) is 19.2. The number of aromatic carboxylic acids is 1. The highest BCUT2D eigenvalue weighted by atomic mass is 19.1. The molecule has 0 bridgehead atoms. The Hall–Kier alpha value is -2.41. The monoisotopic (exact) mass is 359 g/mol. The Kier molecular flexibility index (Phi) is 3.99. The number of nitrogen functional groups attached to an aromatic ring is 1. The number of carboxylic acids is 1. The van der Waals surface area contributed by atoms with Gasteiger partial charge in [0, 0.05) is 17.8 Å². The number of benzene rings is 1. The lowest BCUT2D eigenvalue weighted by molar-refractivity contribution is 0.0695. The number of nitrogens with two attached hydrogens (primary N) is 1. The summed E-state index contributed by atoms with van der Waals surface area (Å²) in [5, 5.41) is 9.39. The molecule has 0 radical (unpaired) electrons. The van der Waals surface area contributed by atoms with Crippen molar-refractivity contribution < 1.29 is 14.3 Å². The van der Waals surface area contributed by atoms with Crippen molar-refractivity contribution in [2.45, 2.75) is 37.6 Å². The van der Waals surface area contributed by atoms with Crippen molar-refractivity contribution in [3.63, 3.8) is 0 Å². The van der Waals surface area contributed by atoms with E-state index >= 15 is 0 Å². The number of nitrogens with zero attached hydrogens (tertiary/aromatic N) is 2. The predicted molar refractivity (Wildman–Crippen MR) is 97.3 cm³/mol. The first-order valence-electron chi connectivity index (χ1n) is 8.97. The van der Waals surface area contributed by atoms with Gasteiger partial charge < -0.3 is 20.3 Å². The highest BCUT2D eigenvalue weighted by Gasteiger charge is 2.31. The Morgan fingerprint density at radius 3 is 2.50 bits per heavy atom. The third-order valence-electron chi connectivity index (χ3n) is 5.64. The summed E-state index contributed by atoms with van der Waals surface area (Å²) < 4.78 is 16.7. The van der Waals surface area contributed by atoms with Crippen molar-refractivity contribution in [1.82, 2.24) is 9.47 Å². The van der Waals surface area contributed by atoms with Crippen LogP contribution in [0.4, 0.5) is 10.1 Å². The lowest BCUT2D eigenvalue weighted by Crippen LogP contribution is -2.30. The molecule has 6 nitrogen and oxygen atoms in total. The van der Waals surface area contributed by atoms with Gasteiger partial charge in [0.05, 0.1) is 16.6 Å². The molecule has 3 N–H and O–H groups in total. The van der Waals surface area contributed by atoms with Crippen LogP contribution in [0, 0.1) is 5.82 Å². The first-order chi connectivity index (χ1) is 12.4. The largest absolute Gasteiger partial charge is 0.477 e. The summed E-state index contributed by atoms with van der Waals surface area (Å²) in [6.45, 7) is 1.74. The van der Waals surface area contributed by atoms with Crippen LogP contribution in [0.1, 0.15) is 53.6 Å². The van der Waals surface area contributed by atoms with Crippen LogP contribution < -0.4 is 11.2 Å². The maximum Gasteiger partial charge on any atom is 0.341 e. The van der Waals surface area contributed by atoms with Gasteiger partial charge in [0.1, 0.15) is 11.4 Å². The molecule has 2 heterocycles. The molecule has 7 heteroatoms. The molecule has 0 spiro atoms. The number of fused-ring (bicyclic) bond motifs is 1. The fraction of sp³-hybridized carbons (Fsp3) is 0.474. The van der Waals surface area contributed by atoms with E-state index in [-0.39, 0.29) is 28.6 Å². The Labute approximate surface area is 150 Å². The van der Waals surface area contributed by atoms with E-state index in [0.29, 0.717) is 11.1 Å². The molecule has 1 saturated carbocycles. The average Bonchev–Trinajstić information content (AvgIpc) is 3.42. The fourth-order valence-electron chi connectivity index (χ4n) is 4.04. The molecule has 1 saturated heterocycles. The number of carbonyl (C=O) groups is 1. The second-order valence-electron chi connectivity index (χ2n) is 7.47. The minimum Gasteiger partial charge on any atom is -0.477 e. The molecular formula is C19H22FN3O3. The maximum atomic E-state index is 14.9. The number of rotatable bonds is 3. The van der Waals surface area contributed by atoms with Gasteiger partial charge in [-0.2, -0.15) is 0 Å². The van der Waals surface area contributed by atoms with Crippen molar-refractivity contribution in [1.29, 1.82) is 0 Å². The topological polar surface area (TPSA) is 88.6 Å². The molecule has 0 atom stereocenters. The van der Waals surface area contributed by atoms with Crippen molar-refractivity contribution in [3.8, 4) is 0 Å². The molecule has 2 aromatic rings. The van der Waals surface area contributed by atoms with Crippen LogP contribution >= 0.6 is 0 Å². The minimum atomic E-state index is -1.30. The first-order valence-corrected chi connectivity index (χ1v) is 8.97. The number of aromatic nitrogens is 1. The van der Waals surface area contributed by atoms with Crippen LogP contribution in [0.25, 0.3) is 10.9 Å². The smallest absolute Gasteiger partial charge is 0.341 e. The van der Waals surface area contributed by atoms with Crippen LogP contribution in [-0.4, -0.2) is 40.7 Å². The van der Waals surface area contributed by atoms with Gasteiger partial charge in [-0.1, -0.05) is 0 Å². The third-order valence-corrected chi connectivity index (χ3v) is 5.64. The number of hydrogen-bond donors (Lipinski definition) is 2. The van der Waals surface area contributed by atoms with Gasteiger partial charge in [0.2, 0.25) is 5.43 Å². The maximum absolute atomic E-state index is 14.9. The second-order valence-corrected chi connectivity index (χ2v) is 7.47.